The van der Waals surface area contributed by atoms with Gasteiger partial charge < -0.3 is 15.5 Å². The van der Waals surface area contributed by atoms with E-state index in [-0.39, 0.29) is 11.9 Å². The number of nitriles is 1. The lowest BCUT2D eigenvalue weighted by molar-refractivity contribution is -0.119. The van der Waals surface area contributed by atoms with Crippen LogP contribution in [0.4, 0.5) is 11.5 Å². The molecule has 1 aromatic carbocycles. The summed E-state index contributed by atoms with van der Waals surface area (Å²) in [6.07, 6.45) is 2.70. The van der Waals surface area contributed by atoms with Crippen LogP contribution in [0.5, 0.6) is 0 Å². The fraction of sp³-hybridized carbons (Fsp3) is 0.476. The van der Waals surface area contributed by atoms with E-state index < -0.39 is 0 Å². The number of hydrogen-bond donors (Lipinski definition) is 1. The van der Waals surface area contributed by atoms with Crippen molar-refractivity contribution in [3.63, 3.8) is 0 Å². The molecule has 2 aliphatic heterocycles. The molecule has 1 amide bonds. The van der Waals surface area contributed by atoms with Gasteiger partial charge in [0.2, 0.25) is 5.91 Å². The molecule has 2 aliphatic rings. The second-order valence-corrected chi connectivity index (χ2v) is 7.97. The van der Waals surface area contributed by atoms with Gasteiger partial charge in [0.1, 0.15) is 6.04 Å². The number of nitrogens with two attached hydrogens (primary N) is 1. The molecule has 1 unspecified atom stereocenters. The maximum absolute atomic E-state index is 11.8. The SMILES string of the molecule is CC1C[C@@H](C(N)=O)N(c2ccn(-c3ccc(N4CCN(CC#N)CC4)cc3)n2)C1. The molecular weight excluding hydrogens is 366 g/mol. The molecule has 0 bridgehead atoms. The van der Waals surface area contributed by atoms with Crippen LogP contribution >= 0.6 is 0 Å². The highest BCUT2D eigenvalue weighted by atomic mass is 16.1. The van der Waals surface area contributed by atoms with Crippen molar-refractivity contribution < 1.29 is 4.79 Å². The predicted molar refractivity (Wildman–Crippen MR) is 112 cm³/mol. The number of amides is 1. The molecule has 152 valence electrons. The predicted octanol–water partition coefficient (Wildman–Crippen LogP) is 1.22. The first-order valence-electron chi connectivity index (χ1n) is 10.1. The lowest BCUT2D eigenvalue weighted by Gasteiger charge is -2.35. The van der Waals surface area contributed by atoms with Crippen LogP contribution in [0.2, 0.25) is 0 Å². The van der Waals surface area contributed by atoms with Gasteiger partial charge in [-0.05, 0) is 36.6 Å². The Labute approximate surface area is 171 Å². The summed E-state index contributed by atoms with van der Waals surface area (Å²) in [5.41, 5.74) is 7.74. The Morgan fingerprint density at radius 2 is 1.86 bits per heavy atom. The highest BCUT2D eigenvalue weighted by Crippen LogP contribution is 2.28. The van der Waals surface area contributed by atoms with Crippen molar-refractivity contribution in [2.24, 2.45) is 11.7 Å². The average Bonchev–Trinajstić information content (AvgIpc) is 3.36. The molecule has 3 heterocycles. The standard InChI is InChI=1S/C21H27N7O/c1-16-14-19(21(23)29)27(15-16)20-6-8-28(24-20)18-4-2-17(3-5-18)26-12-10-25(9-7-22)11-13-26/h2-6,8,16,19H,9-15H2,1H3,(H2,23,29)/t16?,19-/m0/s1. The number of aromatic nitrogens is 2. The highest BCUT2D eigenvalue weighted by Gasteiger charge is 2.34. The summed E-state index contributed by atoms with van der Waals surface area (Å²) in [5, 5.41) is 13.5. The summed E-state index contributed by atoms with van der Waals surface area (Å²) < 4.78 is 1.84. The Balaban J connectivity index is 1.44. The summed E-state index contributed by atoms with van der Waals surface area (Å²) in [4.78, 5) is 18.3. The number of anilines is 2. The first-order valence-corrected chi connectivity index (χ1v) is 10.1. The van der Waals surface area contributed by atoms with Crippen molar-refractivity contribution >= 4 is 17.4 Å². The molecule has 0 saturated carbocycles. The fourth-order valence-electron chi connectivity index (χ4n) is 4.26. The largest absolute Gasteiger partial charge is 0.369 e. The van der Waals surface area contributed by atoms with Crippen LogP contribution in [0.1, 0.15) is 13.3 Å². The van der Waals surface area contributed by atoms with Crippen molar-refractivity contribution in [2.75, 3.05) is 49.1 Å². The smallest absolute Gasteiger partial charge is 0.240 e. The zero-order valence-corrected chi connectivity index (χ0v) is 16.7. The number of carbonyl (C=O) groups is 1. The van der Waals surface area contributed by atoms with Crippen LogP contribution in [0.15, 0.2) is 36.5 Å². The molecule has 8 heteroatoms. The second kappa shape index (κ2) is 8.13. The van der Waals surface area contributed by atoms with E-state index in [0.29, 0.717) is 12.5 Å². The molecule has 0 aliphatic carbocycles. The van der Waals surface area contributed by atoms with Crippen molar-refractivity contribution in [1.29, 1.82) is 5.26 Å². The zero-order valence-electron chi connectivity index (χ0n) is 16.7. The maximum atomic E-state index is 11.8. The van der Waals surface area contributed by atoms with Crippen LogP contribution < -0.4 is 15.5 Å². The van der Waals surface area contributed by atoms with Gasteiger partial charge in [-0.1, -0.05) is 6.92 Å². The maximum Gasteiger partial charge on any atom is 0.240 e. The third-order valence-corrected chi connectivity index (χ3v) is 5.85. The molecule has 2 N–H and O–H groups in total. The fourth-order valence-corrected chi connectivity index (χ4v) is 4.26. The van der Waals surface area contributed by atoms with Crippen LogP contribution in [0, 0.1) is 17.2 Å². The van der Waals surface area contributed by atoms with E-state index in [0.717, 1.165) is 50.6 Å². The first kappa shape index (κ1) is 19.3. The Kier molecular flexibility index (Phi) is 5.41. The van der Waals surface area contributed by atoms with Crippen LogP contribution in [0.3, 0.4) is 0 Å². The molecule has 2 atom stereocenters. The normalized spacial score (nSPS) is 22.6. The Morgan fingerprint density at radius 1 is 1.17 bits per heavy atom. The molecule has 8 nitrogen and oxygen atoms in total. The van der Waals surface area contributed by atoms with Gasteiger partial charge >= 0.3 is 0 Å². The van der Waals surface area contributed by atoms with Gasteiger partial charge in [0.15, 0.2) is 5.82 Å². The van der Waals surface area contributed by atoms with E-state index in [1.54, 1.807) is 0 Å². The van der Waals surface area contributed by atoms with Crippen LogP contribution in [0.25, 0.3) is 5.69 Å². The molecule has 1 aromatic heterocycles. The summed E-state index contributed by atoms with van der Waals surface area (Å²) in [6.45, 7) is 7.09. The lowest BCUT2D eigenvalue weighted by Crippen LogP contribution is -2.46. The topological polar surface area (TPSA) is 94.4 Å². The van der Waals surface area contributed by atoms with Gasteiger partial charge in [-0.3, -0.25) is 9.69 Å². The minimum atomic E-state index is -0.289. The molecule has 2 fully saturated rings. The van der Waals surface area contributed by atoms with E-state index in [2.05, 4.69) is 52.2 Å². The van der Waals surface area contributed by atoms with Crippen molar-refractivity contribution in [2.45, 2.75) is 19.4 Å². The van der Waals surface area contributed by atoms with Crippen molar-refractivity contribution in [3.8, 4) is 11.8 Å². The lowest BCUT2D eigenvalue weighted by atomic mass is 10.1. The molecule has 0 radical (unpaired) electrons. The van der Waals surface area contributed by atoms with Crippen LogP contribution in [-0.2, 0) is 4.79 Å². The summed E-state index contributed by atoms with van der Waals surface area (Å²) in [7, 11) is 0. The first-order chi connectivity index (χ1) is 14.0. The summed E-state index contributed by atoms with van der Waals surface area (Å²) in [5.74, 6) is 0.921. The third kappa shape index (κ3) is 4.05. The molecule has 4 rings (SSSR count). The van der Waals surface area contributed by atoms with E-state index in [1.165, 1.54) is 5.69 Å². The van der Waals surface area contributed by atoms with Crippen molar-refractivity contribution in [3.05, 3.63) is 36.5 Å². The molecule has 2 saturated heterocycles. The number of rotatable bonds is 5. The summed E-state index contributed by atoms with van der Waals surface area (Å²) >= 11 is 0. The molecule has 0 spiro atoms. The van der Waals surface area contributed by atoms with Gasteiger partial charge in [0.05, 0.1) is 18.3 Å². The number of piperazine rings is 1. The van der Waals surface area contributed by atoms with E-state index in [1.807, 2.05) is 21.8 Å². The zero-order chi connectivity index (χ0) is 20.4. The van der Waals surface area contributed by atoms with E-state index >= 15 is 0 Å². The quantitative estimate of drug-likeness (QED) is 0.768. The Morgan fingerprint density at radius 3 is 2.52 bits per heavy atom. The van der Waals surface area contributed by atoms with Gasteiger partial charge in [-0.25, -0.2) is 4.68 Å². The van der Waals surface area contributed by atoms with Gasteiger partial charge in [-0.2, -0.15) is 10.4 Å². The average molecular weight is 393 g/mol. The van der Waals surface area contributed by atoms with Crippen molar-refractivity contribution in [1.82, 2.24) is 14.7 Å². The number of primary amides is 1. The van der Waals surface area contributed by atoms with Gasteiger partial charge in [0, 0.05) is 50.7 Å². The van der Waals surface area contributed by atoms with E-state index in [9.17, 15) is 4.79 Å². The van der Waals surface area contributed by atoms with E-state index in [4.69, 9.17) is 11.0 Å². The van der Waals surface area contributed by atoms with Gasteiger partial charge in [-0.15, -0.1) is 0 Å². The Bertz CT molecular complexity index is 892. The minimum absolute atomic E-state index is 0.282. The van der Waals surface area contributed by atoms with Gasteiger partial charge in [0.25, 0.3) is 0 Å². The number of carbonyl (C=O) groups excluding carboxylic acids is 1. The second-order valence-electron chi connectivity index (χ2n) is 7.97. The minimum Gasteiger partial charge on any atom is -0.369 e. The highest BCUT2D eigenvalue weighted by molar-refractivity contribution is 5.84. The monoisotopic (exact) mass is 393 g/mol. The molecule has 2 aromatic rings. The number of benzene rings is 1. The van der Waals surface area contributed by atoms with Crippen LogP contribution in [-0.4, -0.2) is 65.9 Å². The Hall–Kier alpha value is -3.05. The molecular formula is C21H27N7O. The number of hydrogen-bond acceptors (Lipinski definition) is 6. The summed E-state index contributed by atoms with van der Waals surface area (Å²) in [6, 6.07) is 12.2. The number of nitrogens with zero attached hydrogens (tertiary/aromatic N) is 6. The molecule has 29 heavy (non-hydrogen) atoms. The third-order valence-electron chi connectivity index (χ3n) is 5.85.